The predicted molar refractivity (Wildman–Crippen MR) is 85.0 cm³/mol. The van der Waals surface area contributed by atoms with Crippen molar-refractivity contribution in [2.24, 2.45) is 5.84 Å². The van der Waals surface area contributed by atoms with E-state index in [2.05, 4.69) is 42.7 Å². The van der Waals surface area contributed by atoms with Crippen molar-refractivity contribution < 1.29 is 4.74 Å². The highest BCUT2D eigenvalue weighted by Crippen LogP contribution is 2.28. The molecule has 0 aliphatic carbocycles. The van der Waals surface area contributed by atoms with Gasteiger partial charge >= 0.3 is 0 Å². The molecule has 2 aromatic carbocycles. The van der Waals surface area contributed by atoms with E-state index in [1.54, 1.807) is 18.9 Å². The maximum Gasteiger partial charge on any atom is 0.119 e. The van der Waals surface area contributed by atoms with Crippen LogP contribution in [0.5, 0.6) is 5.75 Å². The molecule has 0 fully saturated rings. The van der Waals surface area contributed by atoms with E-state index in [-0.39, 0.29) is 6.04 Å². The molecule has 106 valence electrons. The number of nitrogens with one attached hydrogen (secondary N) is 1. The molecule has 2 rings (SSSR count). The molecule has 3 N–H and O–H groups in total. The first kappa shape index (κ1) is 14.9. The topological polar surface area (TPSA) is 47.3 Å². The van der Waals surface area contributed by atoms with Gasteiger partial charge in [-0.25, -0.2) is 0 Å². The first-order valence-electron chi connectivity index (χ1n) is 6.53. The highest BCUT2D eigenvalue weighted by atomic mass is 32.2. The summed E-state index contributed by atoms with van der Waals surface area (Å²) in [5.41, 5.74) is 5.31. The SMILES string of the molecule is COc1cccc(C(CSc2ccccc2C)NN)c1. The number of rotatable bonds is 6. The summed E-state index contributed by atoms with van der Waals surface area (Å²) in [4.78, 5) is 1.29. The molecule has 0 bridgehead atoms. The Bertz CT molecular complexity index is 560. The van der Waals surface area contributed by atoms with Gasteiger partial charge in [0.15, 0.2) is 0 Å². The second-order valence-corrected chi connectivity index (χ2v) is 5.63. The third kappa shape index (κ3) is 3.76. The van der Waals surface area contributed by atoms with Crippen LogP contribution in [0.4, 0.5) is 0 Å². The molecular formula is C16H20N2OS. The molecule has 3 nitrogen and oxygen atoms in total. The van der Waals surface area contributed by atoms with Crippen molar-refractivity contribution in [3.8, 4) is 5.75 Å². The fourth-order valence-electron chi connectivity index (χ4n) is 1.99. The standard InChI is InChI=1S/C16H20N2OS/c1-12-6-3-4-9-16(12)20-11-15(18-17)13-7-5-8-14(10-13)19-2/h3-10,15,18H,11,17H2,1-2H3. The van der Waals surface area contributed by atoms with Gasteiger partial charge in [-0.15, -0.1) is 11.8 Å². The molecule has 0 aliphatic heterocycles. The molecule has 0 amide bonds. The molecule has 0 saturated heterocycles. The van der Waals surface area contributed by atoms with E-state index in [1.807, 2.05) is 18.2 Å². The van der Waals surface area contributed by atoms with Crippen LogP contribution in [0.3, 0.4) is 0 Å². The van der Waals surface area contributed by atoms with Crippen LogP contribution in [-0.4, -0.2) is 12.9 Å². The van der Waals surface area contributed by atoms with Gasteiger partial charge in [-0.2, -0.15) is 0 Å². The van der Waals surface area contributed by atoms with Crippen LogP contribution >= 0.6 is 11.8 Å². The van der Waals surface area contributed by atoms with Crippen LogP contribution in [0.25, 0.3) is 0 Å². The van der Waals surface area contributed by atoms with Gasteiger partial charge in [-0.1, -0.05) is 30.3 Å². The first-order chi connectivity index (χ1) is 9.74. The van der Waals surface area contributed by atoms with Gasteiger partial charge in [-0.05, 0) is 36.2 Å². The van der Waals surface area contributed by atoms with E-state index >= 15 is 0 Å². The Morgan fingerprint density at radius 2 is 2.00 bits per heavy atom. The number of hydrazine groups is 1. The molecule has 0 heterocycles. The summed E-state index contributed by atoms with van der Waals surface area (Å²) in [5, 5.41) is 0. The molecule has 1 atom stereocenters. The predicted octanol–water partition coefficient (Wildman–Crippen LogP) is 3.30. The Balaban J connectivity index is 2.07. The summed E-state index contributed by atoms with van der Waals surface area (Å²) in [5.74, 6) is 7.41. The zero-order valence-electron chi connectivity index (χ0n) is 11.8. The van der Waals surface area contributed by atoms with Gasteiger partial charge in [0.25, 0.3) is 0 Å². The molecule has 0 aliphatic rings. The van der Waals surface area contributed by atoms with E-state index in [4.69, 9.17) is 10.6 Å². The second kappa shape index (κ2) is 7.33. The lowest BCUT2D eigenvalue weighted by atomic mass is 10.1. The van der Waals surface area contributed by atoms with Crippen LogP contribution in [0.2, 0.25) is 0 Å². The van der Waals surface area contributed by atoms with Crippen molar-refractivity contribution in [1.82, 2.24) is 5.43 Å². The molecule has 0 aromatic heterocycles. The summed E-state index contributed by atoms with van der Waals surface area (Å²) in [6.07, 6.45) is 0. The Morgan fingerprint density at radius 1 is 1.20 bits per heavy atom. The van der Waals surface area contributed by atoms with Gasteiger partial charge in [0.1, 0.15) is 5.75 Å². The summed E-state index contributed by atoms with van der Waals surface area (Å²) in [7, 11) is 1.67. The highest BCUT2D eigenvalue weighted by Gasteiger charge is 2.11. The maximum absolute atomic E-state index is 5.69. The van der Waals surface area contributed by atoms with E-state index in [9.17, 15) is 0 Å². The lowest BCUT2D eigenvalue weighted by Crippen LogP contribution is -2.29. The number of aryl methyl sites for hydroxylation is 1. The van der Waals surface area contributed by atoms with Crippen molar-refractivity contribution in [3.63, 3.8) is 0 Å². The van der Waals surface area contributed by atoms with Gasteiger partial charge in [0.05, 0.1) is 13.2 Å². The van der Waals surface area contributed by atoms with E-state index in [1.165, 1.54) is 10.5 Å². The molecule has 0 spiro atoms. The van der Waals surface area contributed by atoms with E-state index in [0.717, 1.165) is 17.1 Å². The number of benzene rings is 2. The zero-order valence-corrected chi connectivity index (χ0v) is 12.6. The largest absolute Gasteiger partial charge is 0.497 e. The lowest BCUT2D eigenvalue weighted by molar-refractivity contribution is 0.413. The quantitative estimate of drug-likeness (QED) is 0.486. The third-order valence-electron chi connectivity index (χ3n) is 3.20. The Labute approximate surface area is 124 Å². The summed E-state index contributed by atoms with van der Waals surface area (Å²) in [6, 6.07) is 16.5. The molecule has 2 aromatic rings. The van der Waals surface area contributed by atoms with Crippen molar-refractivity contribution in [3.05, 3.63) is 59.7 Å². The molecule has 0 saturated carbocycles. The number of hydrogen-bond acceptors (Lipinski definition) is 4. The Morgan fingerprint density at radius 3 is 2.70 bits per heavy atom. The van der Waals surface area contributed by atoms with Gasteiger partial charge < -0.3 is 4.74 Å². The molecular weight excluding hydrogens is 268 g/mol. The van der Waals surface area contributed by atoms with E-state index in [0.29, 0.717) is 0 Å². The summed E-state index contributed by atoms with van der Waals surface area (Å²) in [6.45, 7) is 2.12. The minimum Gasteiger partial charge on any atom is -0.497 e. The molecule has 4 heteroatoms. The van der Waals surface area contributed by atoms with E-state index < -0.39 is 0 Å². The Hall–Kier alpha value is -1.49. The normalized spacial score (nSPS) is 12.2. The van der Waals surface area contributed by atoms with Crippen molar-refractivity contribution in [1.29, 1.82) is 0 Å². The van der Waals surface area contributed by atoms with Crippen LogP contribution in [0, 0.1) is 6.92 Å². The number of nitrogens with two attached hydrogens (primary N) is 1. The van der Waals surface area contributed by atoms with Crippen molar-refractivity contribution in [2.75, 3.05) is 12.9 Å². The van der Waals surface area contributed by atoms with Crippen molar-refractivity contribution in [2.45, 2.75) is 17.9 Å². The maximum atomic E-state index is 5.69. The minimum atomic E-state index is 0.0923. The molecule has 20 heavy (non-hydrogen) atoms. The average molecular weight is 288 g/mol. The van der Waals surface area contributed by atoms with Crippen LogP contribution in [-0.2, 0) is 0 Å². The molecule has 0 radical (unpaired) electrons. The number of hydrogen-bond donors (Lipinski definition) is 2. The fourth-order valence-corrected chi connectivity index (χ4v) is 3.10. The number of thioether (sulfide) groups is 1. The van der Waals surface area contributed by atoms with Gasteiger partial charge in [-0.3, -0.25) is 11.3 Å². The van der Waals surface area contributed by atoms with Crippen LogP contribution in [0.1, 0.15) is 17.2 Å². The summed E-state index contributed by atoms with van der Waals surface area (Å²) < 4.78 is 5.26. The minimum absolute atomic E-state index is 0.0923. The van der Waals surface area contributed by atoms with Crippen LogP contribution < -0.4 is 16.0 Å². The van der Waals surface area contributed by atoms with Gasteiger partial charge in [0.2, 0.25) is 0 Å². The monoisotopic (exact) mass is 288 g/mol. The third-order valence-corrected chi connectivity index (χ3v) is 4.47. The smallest absolute Gasteiger partial charge is 0.119 e. The zero-order chi connectivity index (χ0) is 14.4. The Kier molecular flexibility index (Phi) is 5.47. The first-order valence-corrected chi connectivity index (χ1v) is 7.51. The van der Waals surface area contributed by atoms with Crippen LogP contribution in [0.15, 0.2) is 53.4 Å². The number of ether oxygens (including phenoxy) is 1. The van der Waals surface area contributed by atoms with Crippen molar-refractivity contribution >= 4 is 11.8 Å². The highest BCUT2D eigenvalue weighted by molar-refractivity contribution is 7.99. The fraction of sp³-hybridized carbons (Fsp3) is 0.250. The molecule has 1 unspecified atom stereocenters. The van der Waals surface area contributed by atoms with Gasteiger partial charge in [0, 0.05) is 10.6 Å². The second-order valence-electron chi connectivity index (χ2n) is 4.57. The average Bonchev–Trinajstić information content (AvgIpc) is 2.50. The lowest BCUT2D eigenvalue weighted by Gasteiger charge is -2.17. The summed E-state index contributed by atoms with van der Waals surface area (Å²) >= 11 is 1.80. The number of methoxy groups -OCH3 is 1.